The van der Waals surface area contributed by atoms with Crippen molar-refractivity contribution >= 4 is 11.6 Å². The van der Waals surface area contributed by atoms with Gasteiger partial charge in [0.15, 0.2) is 11.9 Å². The molecular formula is C11H13N3O5. The van der Waals surface area contributed by atoms with Crippen LogP contribution in [0.2, 0.25) is 0 Å². The van der Waals surface area contributed by atoms with Crippen LogP contribution in [0.5, 0.6) is 0 Å². The van der Waals surface area contributed by atoms with E-state index >= 15 is 0 Å². The van der Waals surface area contributed by atoms with Crippen molar-refractivity contribution < 1.29 is 19.7 Å². The number of aliphatic hydroxyl groups is 2. The number of nitrogens with two attached hydrogens (primary N) is 1. The van der Waals surface area contributed by atoms with E-state index in [1.54, 1.807) is 0 Å². The zero-order chi connectivity index (χ0) is 14.2. The number of aromatic nitrogens is 2. The maximum atomic E-state index is 11.6. The smallest absolute Gasteiger partial charge is 0.352 e. The Morgan fingerprint density at radius 2 is 2.32 bits per heavy atom. The third kappa shape index (κ3) is 2.49. The van der Waals surface area contributed by atoms with Gasteiger partial charge in [-0.1, -0.05) is 0 Å². The molecule has 1 aliphatic heterocycles. The molecule has 0 saturated heterocycles. The molecule has 2 heterocycles. The topological polar surface area (TPSA) is 128 Å². The number of carbonyl (C=O) groups is 1. The molecule has 3 atom stereocenters. The summed E-state index contributed by atoms with van der Waals surface area (Å²) in [6, 6.07) is 1.37. The van der Waals surface area contributed by atoms with E-state index in [1.165, 1.54) is 25.3 Å². The molecule has 0 spiro atoms. The maximum Gasteiger partial charge on any atom is 0.352 e. The average molecular weight is 267 g/mol. The number of ketones is 1. The Balaban J connectivity index is 2.26. The lowest BCUT2D eigenvalue weighted by atomic mass is 10.2. The van der Waals surface area contributed by atoms with Crippen LogP contribution in [-0.4, -0.2) is 37.8 Å². The van der Waals surface area contributed by atoms with Crippen LogP contribution in [0.25, 0.3) is 0 Å². The molecule has 1 aromatic heterocycles. The SMILES string of the molecule is CC(=O)C(O)C1=C[C@@H](O)[C@H](n2ccc(N)nc2=O)O1. The fourth-order valence-electron chi connectivity index (χ4n) is 1.70. The first-order valence-corrected chi connectivity index (χ1v) is 5.50. The van der Waals surface area contributed by atoms with E-state index < -0.39 is 29.9 Å². The summed E-state index contributed by atoms with van der Waals surface area (Å²) >= 11 is 0. The number of carbonyl (C=O) groups excluding carboxylic acids is 1. The van der Waals surface area contributed by atoms with Gasteiger partial charge in [0.1, 0.15) is 17.7 Å². The van der Waals surface area contributed by atoms with Crippen LogP contribution in [0.3, 0.4) is 0 Å². The molecule has 1 aromatic rings. The summed E-state index contributed by atoms with van der Waals surface area (Å²) in [4.78, 5) is 26.2. The Bertz CT molecular complexity index is 594. The molecule has 0 saturated carbocycles. The fraction of sp³-hybridized carbons (Fsp3) is 0.364. The van der Waals surface area contributed by atoms with Crippen molar-refractivity contribution in [2.75, 3.05) is 5.73 Å². The largest absolute Gasteiger partial charge is 0.468 e. The van der Waals surface area contributed by atoms with Crippen LogP contribution in [0.15, 0.2) is 28.9 Å². The zero-order valence-electron chi connectivity index (χ0n) is 10.1. The third-order valence-electron chi connectivity index (χ3n) is 2.66. The molecular weight excluding hydrogens is 254 g/mol. The number of hydrogen-bond acceptors (Lipinski definition) is 7. The third-order valence-corrected chi connectivity index (χ3v) is 2.66. The van der Waals surface area contributed by atoms with Gasteiger partial charge in [-0.15, -0.1) is 0 Å². The first-order chi connectivity index (χ1) is 8.90. The summed E-state index contributed by atoms with van der Waals surface area (Å²) in [5.41, 5.74) is 4.65. The molecule has 19 heavy (non-hydrogen) atoms. The molecule has 0 fully saturated rings. The summed E-state index contributed by atoms with van der Waals surface area (Å²) < 4.78 is 6.25. The van der Waals surface area contributed by atoms with Crippen LogP contribution in [-0.2, 0) is 9.53 Å². The number of ether oxygens (including phenoxy) is 1. The quantitative estimate of drug-likeness (QED) is 0.611. The molecule has 0 aromatic carbocycles. The van der Waals surface area contributed by atoms with Crippen molar-refractivity contribution in [2.24, 2.45) is 0 Å². The van der Waals surface area contributed by atoms with Crippen molar-refractivity contribution in [3.63, 3.8) is 0 Å². The van der Waals surface area contributed by atoms with Gasteiger partial charge in [-0.2, -0.15) is 4.98 Å². The molecule has 0 aliphatic carbocycles. The molecule has 2 rings (SSSR count). The summed E-state index contributed by atoms with van der Waals surface area (Å²) in [6.45, 7) is 1.19. The maximum absolute atomic E-state index is 11.6. The molecule has 0 bridgehead atoms. The molecule has 8 nitrogen and oxygen atoms in total. The second kappa shape index (κ2) is 4.82. The highest BCUT2D eigenvalue weighted by molar-refractivity contribution is 5.82. The van der Waals surface area contributed by atoms with Gasteiger partial charge < -0.3 is 20.7 Å². The highest BCUT2D eigenvalue weighted by Crippen LogP contribution is 2.27. The average Bonchev–Trinajstić information content (AvgIpc) is 2.70. The minimum Gasteiger partial charge on any atom is -0.468 e. The number of hydrogen-bond donors (Lipinski definition) is 3. The molecule has 0 radical (unpaired) electrons. The number of aliphatic hydroxyl groups excluding tert-OH is 2. The summed E-state index contributed by atoms with van der Waals surface area (Å²) in [5, 5.41) is 19.3. The van der Waals surface area contributed by atoms with Crippen LogP contribution in [0, 0.1) is 0 Å². The second-order valence-corrected chi connectivity index (χ2v) is 4.12. The Kier molecular flexibility index (Phi) is 3.36. The van der Waals surface area contributed by atoms with Gasteiger partial charge in [-0.05, 0) is 19.1 Å². The van der Waals surface area contributed by atoms with Crippen molar-refractivity contribution in [3.8, 4) is 0 Å². The van der Waals surface area contributed by atoms with E-state index in [-0.39, 0.29) is 11.6 Å². The lowest BCUT2D eigenvalue weighted by Gasteiger charge is -2.19. The first kappa shape index (κ1) is 13.2. The van der Waals surface area contributed by atoms with Gasteiger partial charge in [-0.25, -0.2) is 4.79 Å². The van der Waals surface area contributed by atoms with Crippen LogP contribution in [0.1, 0.15) is 13.2 Å². The summed E-state index contributed by atoms with van der Waals surface area (Å²) in [6.07, 6.45) is -1.22. The van der Waals surface area contributed by atoms with E-state index in [1.807, 2.05) is 0 Å². The van der Waals surface area contributed by atoms with Gasteiger partial charge in [0.2, 0.25) is 6.23 Å². The Hall–Kier alpha value is -2.19. The predicted molar refractivity (Wildman–Crippen MR) is 63.8 cm³/mol. The number of anilines is 1. The summed E-state index contributed by atoms with van der Waals surface area (Å²) in [5.74, 6) is -0.568. The standard InChI is InChI=1S/C11H13N3O5/c1-5(15)9(17)7-4-6(16)10(19-7)14-3-2-8(12)13-11(14)18/h2-4,6,9-10,16-17H,1H3,(H2,12,13,18)/t6-,9?,10-/m1/s1. The number of rotatable bonds is 3. The van der Waals surface area contributed by atoms with Gasteiger partial charge in [0, 0.05) is 6.20 Å². The van der Waals surface area contributed by atoms with Gasteiger partial charge in [0.05, 0.1) is 0 Å². The zero-order valence-corrected chi connectivity index (χ0v) is 10.1. The van der Waals surface area contributed by atoms with Gasteiger partial charge >= 0.3 is 5.69 Å². The Morgan fingerprint density at radius 1 is 1.63 bits per heavy atom. The van der Waals surface area contributed by atoms with Crippen LogP contribution >= 0.6 is 0 Å². The fourth-order valence-corrected chi connectivity index (χ4v) is 1.70. The van der Waals surface area contributed by atoms with Gasteiger partial charge in [-0.3, -0.25) is 9.36 Å². The number of nitrogens with zero attached hydrogens (tertiary/aromatic N) is 2. The first-order valence-electron chi connectivity index (χ1n) is 5.50. The van der Waals surface area contributed by atoms with E-state index in [9.17, 15) is 19.8 Å². The predicted octanol–water partition coefficient (Wildman–Crippen LogP) is -1.45. The minimum atomic E-state index is -1.46. The highest BCUT2D eigenvalue weighted by Gasteiger charge is 2.34. The lowest BCUT2D eigenvalue weighted by Crippen LogP contribution is -2.32. The van der Waals surface area contributed by atoms with Crippen molar-refractivity contribution in [1.29, 1.82) is 0 Å². The highest BCUT2D eigenvalue weighted by atomic mass is 16.5. The molecule has 1 unspecified atom stereocenters. The van der Waals surface area contributed by atoms with Crippen molar-refractivity contribution in [2.45, 2.75) is 25.4 Å². The molecule has 102 valence electrons. The summed E-state index contributed by atoms with van der Waals surface area (Å²) in [7, 11) is 0. The van der Waals surface area contributed by atoms with E-state index in [4.69, 9.17) is 10.5 Å². The Labute approximate surface area is 107 Å². The molecule has 4 N–H and O–H groups in total. The molecule has 0 amide bonds. The molecule has 1 aliphatic rings. The lowest BCUT2D eigenvalue weighted by molar-refractivity contribution is -0.126. The van der Waals surface area contributed by atoms with E-state index in [0.717, 1.165) is 4.57 Å². The van der Waals surface area contributed by atoms with Crippen LogP contribution in [0.4, 0.5) is 5.82 Å². The van der Waals surface area contributed by atoms with Crippen molar-refractivity contribution in [1.82, 2.24) is 9.55 Å². The minimum absolute atomic E-state index is 0.0469. The van der Waals surface area contributed by atoms with Gasteiger partial charge in [0.25, 0.3) is 0 Å². The molecule has 8 heteroatoms. The van der Waals surface area contributed by atoms with Crippen molar-refractivity contribution in [3.05, 3.63) is 34.6 Å². The Morgan fingerprint density at radius 3 is 2.89 bits per heavy atom. The van der Waals surface area contributed by atoms with E-state index in [2.05, 4.69) is 4.98 Å². The number of nitrogen functional groups attached to an aromatic ring is 1. The monoisotopic (exact) mass is 267 g/mol. The van der Waals surface area contributed by atoms with E-state index in [0.29, 0.717) is 0 Å². The second-order valence-electron chi connectivity index (χ2n) is 4.12. The van der Waals surface area contributed by atoms with Crippen LogP contribution < -0.4 is 11.4 Å². The number of Topliss-reactive ketones (excluding diaryl/α,β-unsaturated/α-hetero) is 1. The normalized spacial score (nSPS) is 23.6.